The number of carbonyl (C=O) groups is 1. The fourth-order valence-corrected chi connectivity index (χ4v) is 0.792. The van der Waals surface area contributed by atoms with Crippen molar-refractivity contribution < 1.29 is 15.0 Å². The number of hydrogen-bond donors (Lipinski definition) is 3. The lowest BCUT2D eigenvalue weighted by Crippen LogP contribution is -2.26. The molecule has 13 heavy (non-hydrogen) atoms. The molecule has 5 nitrogen and oxygen atoms in total. The first kappa shape index (κ1) is 9.47. The Morgan fingerprint density at radius 2 is 2.31 bits per heavy atom. The maximum absolute atomic E-state index is 11.2. The van der Waals surface area contributed by atoms with Crippen LogP contribution >= 0.6 is 0 Å². The van der Waals surface area contributed by atoms with Crippen LogP contribution < -0.4 is 5.32 Å². The van der Waals surface area contributed by atoms with E-state index in [1.807, 2.05) is 0 Å². The average molecular weight is 182 g/mol. The highest BCUT2D eigenvalue weighted by molar-refractivity contribution is 5.93. The van der Waals surface area contributed by atoms with Crippen LogP contribution in [0.15, 0.2) is 18.3 Å². The van der Waals surface area contributed by atoms with Crippen molar-refractivity contribution >= 4 is 5.91 Å². The Labute approximate surface area is 75.0 Å². The van der Waals surface area contributed by atoms with Crippen LogP contribution in [0, 0.1) is 0 Å². The summed E-state index contributed by atoms with van der Waals surface area (Å²) in [5, 5.41) is 19.7. The largest absolute Gasteiger partial charge is 0.493 e. The van der Waals surface area contributed by atoms with E-state index in [1.165, 1.54) is 18.3 Å². The minimum absolute atomic E-state index is 0.0999. The second kappa shape index (κ2) is 4.42. The van der Waals surface area contributed by atoms with Crippen molar-refractivity contribution in [3.63, 3.8) is 0 Å². The molecule has 1 aromatic rings. The van der Waals surface area contributed by atoms with Gasteiger partial charge < -0.3 is 15.5 Å². The summed E-state index contributed by atoms with van der Waals surface area (Å²) < 4.78 is 0. The molecule has 5 heteroatoms. The van der Waals surface area contributed by atoms with E-state index < -0.39 is 0 Å². The number of rotatable bonds is 3. The fourth-order valence-electron chi connectivity index (χ4n) is 0.792. The summed E-state index contributed by atoms with van der Waals surface area (Å²) in [4.78, 5) is 14.7. The van der Waals surface area contributed by atoms with Gasteiger partial charge in [-0.2, -0.15) is 0 Å². The van der Waals surface area contributed by atoms with Crippen molar-refractivity contribution in [2.45, 2.75) is 0 Å². The Hall–Kier alpha value is -1.62. The van der Waals surface area contributed by atoms with Crippen molar-refractivity contribution in [3.8, 4) is 5.88 Å². The normalized spacial score (nSPS) is 9.62. The Balaban J connectivity index is 2.61. The zero-order valence-electron chi connectivity index (χ0n) is 6.90. The standard InChI is InChI=1S/C8H10N2O3/c11-4-3-9-8(13)6-1-2-7(12)10-5-6/h1-2,5,11H,3-4H2,(H,9,13)(H,10,12). The second-order valence-electron chi connectivity index (χ2n) is 2.38. The van der Waals surface area contributed by atoms with Crippen LogP contribution in [-0.2, 0) is 0 Å². The number of amides is 1. The number of hydrogen-bond acceptors (Lipinski definition) is 4. The SMILES string of the molecule is O=C(NCCO)c1ccc(O)nc1. The second-order valence-corrected chi connectivity index (χ2v) is 2.38. The van der Waals surface area contributed by atoms with Crippen molar-refractivity contribution in [2.75, 3.05) is 13.2 Å². The minimum atomic E-state index is -0.318. The lowest BCUT2D eigenvalue weighted by molar-refractivity contribution is 0.0944. The summed E-state index contributed by atoms with van der Waals surface area (Å²) in [7, 11) is 0. The molecule has 0 saturated carbocycles. The van der Waals surface area contributed by atoms with Crippen LogP contribution in [0.5, 0.6) is 5.88 Å². The summed E-state index contributed by atoms with van der Waals surface area (Å²) in [5.41, 5.74) is 0.353. The first-order valence-corrected chi connectivity index (χ1v) is 3.78. The Bertz CT molecular complexity index is 284. The van der Waals surface area contributed by atoms with Crippen LogP contribution in [0.4, 0.5) is 0 Å². The molecule has 0 aliphatic carbocycles. The molecule has 1 rings (SSSR count). The number of nitrogens with one attached hydrogen (secondary N) is 1. The summed E-state index contributed by atoms with van der Waals surface area (Å²) in [6.07, 6.45) is 1.27. The molecule has 1 aromatic heterocycles. The van der Waals surface area contributed by atoms with Gasteiger partial charge in [0.25, 0.3) is 5.91 Å². The van der Waals surface area contributed by atoms with Gasteiger partial charge in [-0.25, -0.2) is 4.98 Å². The van der Waals surface area contributed by atoms with Gasteiger partial charge in [0.15, 0.2) is 0 Å². The third kappa shape index (κ3) is 2.72. The minimum Gasteiger partial charge on any atom is -0.493 e. The molecule has 3 N–H and O–H groups in total. The van der Waals surface area contributed by atoms with E-state index in [-0.39, 0.29) is 24.9 Å². The van der Waals surface area contributed by atoms with Gasteiger partial charge in [0, 0.05) is 18.8 Å². The number of pyridine rings is 1. The maximum atomic E-state index is 11.2. The molecule has 0 aliphatic rings. The van der Waals surface area contributed by atoms with E-state index in [0.717, 1.165) is 0 Å². The van der Waals surface area contributed by atoms with Crippen LogP contribution in [0.2, 0.25) is 0 Å². The maximum Gasteiger partial charge on any atom is 0.252 e. The molecular formula is C8H10N2O3. The van der Waals surface area contributed by atoms with Gasteiger partial charge in [-0.3, -0.25) is 4.79 Å². The van der Waals surface area contributed by atoms with Gasteiger partial charge in [-0.05, 0) is 6.07 Å². The molecule has 0 bridgehead atoms. The molecule has 0 fully saturated rings. The Morgan fingerprint density at radius 3 is 2.85 bits per heavy atom. The van der Waals surface area contributed by atoms with Crippen LogP contribution in [0.3, 0.4) is 0 Å². The van der Waals surface area contributed by atoms with Gasteiger partial charge in [0.1, 0.15) is 0 Å². The first-order valence-electron chi connectivity index (χ1n) is 3.78. The fraction of sp³-hybridized carbons (Fsp3) is 0.250. The van der Waals surface area contributed by atoms with Crippen molar-refractivity contribution in [2.24, 2.45) is 0 Å². The van der Waals surface area contributed by atoms with Gasteiger partial charge in [0.2, 0.25) is 5.88 Å². The number of nitrogens with zero attached hydrogens (tertiary/aromatic N) is 1. The Kier molecular flexibility index (Phi) is 3.22. The summed E-state index contributed by atoms with van der Waals surface area (Å²) >= 11 is 0. The van der Waals surface area contributed by atoms with E-state index in [2.05, 4.69) is 10.3 Å². The van der Waals surface area contributed by atoms with Crippen LogP contribution in [0.25, 0.3) is 0 Å². The van der Waals surface area contributed by atoms with E-state index in [4.69, 9.17) is 10.2 Å². The van der Waals surface area contributed by atoms with Gasteiger partial charge in [0.05, 0.1) is 12.2 Å². The highest BCUT2D eigenvalue weighted by Crippen LogP contribution is 2.04. The number of aromatic hydroxyl groups is 1. The molecule has 1 amide bonds. The quantitative estimate of drug-likeness (QED) is 0.589. The van der Waals surface area contributed by atoms with Crippen molar-refractivity contribution in [1.29, 1.82) is 0 Å². The third-order valence-electron chi connectivity index (χ3n) is 1.41. The lowest BCUT2D eigenvalue weighted by atomic mass is 10.2. The molecule has 70 valence electrons. The summed E-state index contributed by atoms with van der Waals surface area (Å²) in [6, 6.07) is 2.78. The molecule has 0 atom stereocenters. The predicted molar refractivity (Wildman–Crippen MR) is 45.3 cm³/mol. The number of aliphatic hydroxyl groups excluding tert-OH is 1. The van der Waals surface area contributed by atoms with Crippen LogP contribution in [0.1, 0.15) is 10.4 Å². The first-order chi connectivity index (χ1) is 6.24. The van der Waals surface area contributed by atoms with E-state index in [1.54, 1.807) is 0 Å². The summed E-state index contributed by atoms with van der Waals surface area (Å²) in [6.45, 7) is 0.108. The molecule has 0 aromatic carbocycles. The molecule has 0 unspecified atom stereocenters. The molecular weight excluding hydrogens is 172 g/mol. The van der Waals surface area contributed by atoms with Crippen LogP contribution in [-0.4, -0.2) is 34.3 Å². The van der Waals surface area contributed by atoms with Gasteiger partial charge >= 0.3 is 0 Å². The van der Waals surface area contributed by atoms with E-state index in [9.17, 15) is 4.79 Å². The molecule has 0 aliphatic heterocycles. The highest BCUT2D eigenvalue weighted by Gasteiger charge is 2.03. The predicted octanol–water partition coefficient (Wildman–Crippen LogP) is -0.491. The van der Waals surface area contributed by atoms with E-state index in [0.29, 0.717) is 5.56 Å². The topological polar surface area (TPSA) is 82.5 Å². The molecule has 0 spiro atoms. The zero-order valence-corrected chi connectivity index (χ0v) is 6.90. The third-order valence-corrected chi connectivity index (χ3v) is 1.41. The average Bonchev–Trinajstić information content (AvgIpc) is 2.15. The van der Waals surface area contributed by atoms with Crippen molar-refractivity contribution in [3.05, 3.63) is 23.9 Å². The lowest BCUT2D eigenvalue weighted by Gasteiger charge is -2.01. The molecule has 0 radical (unpaired) electrons. The summed E-state index contributed by atoms with van der Waals surface area (Å²) in [5.74, 6) is -0.444. The highest BCUT2D eigenvalue weighted by atomic mass is 16.3. The van der Waals surface area contributed by atoms with Gasteiger partial charge in [-0.15, -0.1) is 0 Å². The number of aromatic nitrogens is 1. The molecule has 1 heterocycles. The smallest absolute Gasteiger partial charge is 0.252 e. The zero-order chi connectivity index (χ0) is 9.68. The monoisotopic (exact) mass is 182 g/mol. The number of carbonyl (C=O) groups excluding carboxylic acids is 1. The number of aliphatic hydroxyl groups is 1. The van der Waals surface area contributed by atoms with Gasteiger partial charge in [-0.1, -0.05) is 0 Å². The molecule has 0 saturated heterocycles. The van der Waals surface area contributed by atoms with Crippen molar-refractivity contribution in [1.82, 2.24) is 10.3 Å². The van der Waals surface area contributed by atoms with E-state index >= 15 is 0 Å². The Morgan fingerprint density at radius 1 is 1.54 bits per heavy atom.